The molecule has 0 saturated heterocycles. The molecule has 2 aromatic rings. The highest BCUT2D eigenvalue weighted by molar-refractivity contribution is 5.84. The Morgan fingerprint density at radius 3 is 2.67 bits per heavy atom. The first-order valence-corrected chi connectivity index (χ1v) is 6.73. The predicted octanol–water partition coefficient (Wildman–Crippen LogP) is 0.736. The van der Waals surface area contributed by atoms with E-state index in [1.807, 2.05) is 31.2 Å². The van der Waals surface area contributed by atoms with Crippen LogP contribution in [0.1, 0.15) is 16.8 Å². The smallest absolute Gasteiger partial charge is 0.318 e. The van der Waals surface area contributed by atoms with Gasteiger partial charge in [0, 0.05) is 26.2 Å². The molecule has 1 aromatic carbocycles. The van der Waals surface area contributed by atoms with E-state index in [1.54, 1.807) is 17.9 Å². The van der Waals surface area contributed by atoms with Crippen molar-refractivity contribution in [1.82, 2.24) is 15.0 Å². The molecule has 2 N–H and O–H groups in total. The largest absolute Gasteiger partial charge is 0.468 e. The van der Waals surface area contributed by atoms with Gasteiger partial charge in [-0.15, -0.1) is 5.10 Å². The van der Waals surface area contributed by atoms with Crippen molar-refractivity contribution in [2.75, 3.05) is 13.7 Å². The highest BCUT2D eigenvalue weighted by Gasteiger charge is 2.42. The highest BCUT2D eigenvalue weighted by atomic mass is 16.5. The molecule has 0 aliphatic rings. The third kappa shape index (κ3) is 2.80. The van der Waals surface area contributed by atoms with E-state index in [9.17, 15) is 4.79 Å². The van der Waals surface area contributed by atoms with Gasteiger partial charge in [0.2, 0.25) is 0 Å². The molecule has 1 heterocycles. The molecule has 0 bridgehead atoms. The number of esters is 1. The number of carbonyl (C=O) groups excluding carboxylic acids is 1. The van der Waals surface area contributed by atoms with Crippen molar-refractivity contribution in [1.29, 1.82) is 0 Å². The monoisotopic (exact) mass is 288 g/mol. The van der Waals surface area contributed by atoms with Gasteiger partial charge in [0.15, 0.2) is 0 Å². The van der Waals surface area contributed by atoms with E-state index in [1.165, 1.54) is 7.11 Å². The van der Waals surface area contributed by atoms with E-state index in [4.69, 9.17) is 10.5 Å². The zero-order valence-corrected chi connectivity index (χ0v) is 12.5. The predicted molar refractivity (Wildman–Crippen MR) is 78.6 cm³/mol. The second kappa shape index (κ2) is 6.05. The Morgan fingerprint density at radius 1 is 1.43 bits per heavy atom. The van der Waals surface area contributed by atoms with Crippen molar-refractivity contribution < 1.29 is 9.53 Å². The van der Waals surface area contributed by atoms with E-state index in [-0.39, 0.29) is 12.5 Å². The number of aromatic nitrogens is 3. The highest BCUT2D eigenvalue weighted by Crippen LogP contribution is 2.31. The number of methoxy groups -OCH3 is 1. The number of hydrogen-bond donors (Lipinski definition) is 1. The Hall–Kier alpha value is -2.21. The lowest BCUT2D eigenvalue weighted by molar-refractivity contribution is -0.147. The summed E-state index contributed by atoms with van der Waals surface area (Å²) in [6.07, 6.45) is 2.14. The first-order chi connectivity index (χ1) is 10.0. The van der Waals surface area contributed by atoms with Gasteiger partial charge < -0.3 is 10.5 Å². The molecule has 1 atom stereocenters. The molecule has 0 radical (unpaired) electrons. The maximum Gasteiger partial charge on any atom is 0.318 e. The number of benzene rings is 1. The second-order valence-electron chi connectivity index (χ2n) is 5.15. The summed E-state index contributed by atoms with van der Waals surface area (Å²) in [5.41, 5.74) is 7.60. The van der Waals surface area contributed by atoms with Gasteiger partial charge in [-0.25, -0.2) is 0 Å². The minimum atomic E-state index is -0.948. The van der Waals surface area contributed by atoms with Crippen molar-refractivity contribution in [3.05, 3.63) is 47.3 Å². The van der Waals surface area contributed by atoms with Crippen molar-refractivity contribution >= 4 is 5.97 Å². The molecular weight excluding hydrogens is 268 g/mol. The van der Waals surface area contributed by atoms with Gasteiger partial charge in [-0.1, -0.05) is 29.5 Å². The summed E-state index contributed by atoms with van der Waals surface area (Å²) in [6, 6.07) is 7.70. The van der Waals surface area contributed by atoms with Crippen LogP contribution in [-0.4, -0.2) is 34.6 Å². The van der Waals surface area contributed by atoms with Crippen LogP contribution in [-0.2, 0) is 28.4 Å². The topological polar surface area (TPSA) is 83.0 Å². The van der Waals surface area contributed by atoms with Gasteiger partial charge in [-0.05, 0) is 18.1 Å². The molecule has 6 nitrogen and oxygen atoms in total. The summed E-state index contributed by atoms with van der Waals surface area (Å²) in [4.78, 5) is 12.5. The lowest BCUT2D eigenvalue weighted by Crippen LogP contribution is -2.46. The summed E-state index contributed by atoms with van der Waals surface area (Å²) >= 11 is 0. The second-order valence-corrected chi connectivity index (χ2v) is 5.15. The van der Waals surface area contributed by atoms with Crippen LogP contribution in [0, 0.1) is 6.92 Å². The average molecular weight is 288 g/mol. The Bertz CT molecular complexity index is 638. The van der Waals surface area contributed by atoms with E-state index in [0.29, 0.717) is 12.1 Å². The summed E-state index contributed by atoms with van der Waals surface area (Å²) in [5.74, 6) is -0.357. The van der Waals surface area contributed by atoms with Crippen molar-refractivity contribution in [2.24, 2.45) is 12.8 Å². The van der Waals surface area contributed by atoms with Gasteiger partial charge in [0.1, 0.15) is 5.41 Å². The van der Waals surface area contributed by atoms with Gasteiger partial charge in [-0.2, -0.15) is 0 Å². The van der Waals surface area contributed by atoms with Gasteiger partial charge in [0.25, 0.3) is 0 Å². The van der Waals surface area contributed by atoms with E-state index in [2.05, 4.69) is 10.3 Å². The lowest BCUT2D eigenvalue weighted by Gasteiger charge is -2.30. The lowest BCUT2D eigenvalue weighted by atomic mass is 9.75. The molecule has 6 heteroatoms. The fraction of sp³-hybridized carbons (Fsp3) is 0.400. The standard InChI is InChI=1S/C15H20N4O2/c1-11-6-4-5-7-13(11)15(10-16,14(20)21-3)8-12-9-19(2)18-17-12/h4-7,9H,8,10,16H2,1-3H3. The quantitative estimate of drug-likeness (QED) is 0.820. The van der Waals surface area contributed by atoms with Gasteiger partial charge in [0.05, 0.1) is 12.8 Å². The van der Waals surface area contributed by atoms with E-state index < -0.39 is 5.41 Å². The van der Waals surface area contributed by atoms with Crippen LogP contribution in [0.5, 0.6) is 0 Å². The molecular formula is C15H20N4O2. The summed E-state index contributed by atoms with van der Waals surface area (Å²) in [7, 11) is 3.16. The summed E-state index contributed by atoms with van der Waals surface area (Å²) in [6.45, 7) is 2.10. The molecule has 0 amide bonds. The van der Waals surface area contributed by atoms with Crippen molar-refractivity contribution in [2.45, 2.75) is 18.8 Å². The number of aryl methyl sites for hydroxylation is 2. The van der Waals surface area contributed by atoms with Crippen LogP contribution in [0.25, 0.3) is 0 Å². The zero-order chi connectivity index (χ0) is 15.5. The maximum absolute atomic E-state index is 12.5. The number of carbonyl (C=O) groups is 1. The van der Waals surface area contributed by atoms with Crippen molar-refractivity contribution in [3.8, 4) is 0 Å². The number of nitrogens with two attached hydrogens (primary N) is 1. The molecule has 0 spiro atoms. The Labute approximate surface area is 123 Å². The van der Waals surface area contributed by atoms with Crippen LogP contribution < -0.4 is 5.73 Å². The number of nitrogens with zero attached hydrogens (tertiary/aromatic N) is 3. The molecule has 21 heavy (non-hydrogen) atoms. The maximum atomic E-state index is 12.5. The fourth-order valence-corrected chi connectivity index (χ4v) is 2.63. The van der Waals surface area contributed by atoms with Crippen molar-refractivity contribution in [3.63, 3.8) is 0 Å². The Balaban J connectivity index is 2.53. The molecule has 1 aromatic heterocycles. The van der Waals surface area contributed by atoms with Crippen LogP contribution in [0.2, 0.25) is 0 Å². The Morgan fingerprint density at radius 2 is 2.14 bits per heavy atom. The van der Waals surface area contributed by atoms with Gasteiger partial charge >= 0.3 is 5.97 Å². The zero-order valence-electron chi connectivity index (χ0n) is 12.5. The molecule has 0 fully saturated rings. The third-order valence-corrected chi connectivity index (χ3v) is 3.72. The molecule has 0 aliphatic heterocycles. The first-order valence-electron chi connectivity index (χ1n) is 6.73. The minimum absolute atomic E-state index is 0.140. The summed E-state index contributed by atoms with van der Waals surface area (Å²) in [5, 5.41) is 7.98. The molecule has 2 rings (SSSR count). The molecule has 0 aliphatic carbocycles. The molecule has 1 unspecified atom stereocenters. The number of rotatable bonds is 5. The first kappa shape index (κ1) is 15.2. The number of ether oxygens (including phenoxy) is 1. The Kier molecular flexibility index (Phi) is 4.37. The molecule has 112 valence electrons. The van der Waals surface area contributed by atoms with Crippen LogP contribution in [0.4, 0.5) is 0 Å². The number of hydrogen-bond acceptors (Lipinski definition) is 5. The van der Waals surface area contributed by atoms with E-state index >= 15 is 0 Å². The van der Waals surface area contributed by atoms with E-state index in [0.717, 1.165) is 11.1 Å². The SMILES string of the molecule is COC(=O)C(CN)(Cc1cn(C)nn1)c1ccccc1C. The van der Waals surface area contributed by atoms with Crippen LogP contribution in [0.15, 0.2) is 30.5 Å². The molecule has 0 saturated carbocycles. The average Bonchev–Trinajstić information content (AvgIpc) is 2.90. The normalized spacial score (nSPS) is 13.7. The summed E-state index contributed by atoms with van der Waals surface area (Å²) < 4.78 is 6.62. The minimum Gasteiger partial charge on any atom is -0.468 e. The van der Waals surface area contributed by atoms with Gasteiger partial charge in [-0.3, -0.25) is 9.48 Å². The van der Waals surface area contributed by atoms with Crippen LogP contribution >= 0.6 is 0 Å². The fourth-order valence-electron chi connectivity index (χ4n) is 2.63. The van der Waals surface area contributed by atoms with Crippen LogP contribution in [0.3, 0.4) is 0 Å². The third-order valence-electron chi connectivity index (χ3n) is 3.72.